The second-order valence-corrected chi connectivity index (χ2v) is 7.53. The zero-order valence-electron chi connectivity index (χ0n) is 15.0. The molecular weight excluding hydrogens is 291 g/mol. The molecule has 0 saturated heterocycles. The van der Waals surface area contributed by atoms with Gasteiger partial charge in [-0.25, -0.2) is 0 Å². The van der Waals surface area contributed by atoms with E-state index in [1.54, 1.807) is 13.8 Å². The van der Waals surface area contributed by atoms with Crippen LogP contribution in [-0.4, -0.2) is 36.3 Å². The van der Waals surface area contributed by atoms with Crippen molar-refractivity contribution in [1.82, 2.24) is 0 Å². The van der Waals surface area contributed by atoms with Crippen molar-refractivity contribution in [2.75, 3.05) is 7.11 Å². The van der Waals surface area contributed by atoms with Crippen molar-refractivity contribution >= 4 is 18.3 Å². The smallest absolute Gasteiger partial charge is 0.324 e. The second-order valence-electron chi connectivity index (χ2n) is 7.53. The standard InChI is InChI=1S/C18H27BO4/c1-16(2,21)17(3,4)23-19(5)14-9-7-13(8-10-14)18(11-12-18)15(20)22-6/h7-10,21H,11-12H2,1-6H3. The van der Waals surface area contributed by atoms with E-state index < -0.39 is 16.6 Å². The highest BCUT2D eigenvalue weighted by atomic mass is 16.5. The molecule has 1 N–H and O–H groups in total. The van der Waals surface area contributed by atoms with Crippen LogP contribution in [0.15, 0.2) is 24.3 Å². The fourth-order valence-corrected chi connectivity index (χ4v) is 2.66. The zero-order chi connectivity index (χ0) is 17.5. The van der Waals surface area contributed by atoms with E-state index in [1.807, 2.05) is 44.9 Å². The Kier molecular flexibility index (Phi) is 4.66. The van der Waals surface area contributed by atoms with E-state index in [1.165, 1.54) is 7.11 Å². The van der Waals surface area contributed by atoms with Crippen molar-refractivity contribution in [3.8, 4) is 0 Å². The highest BCUT2D eigenvalue weighted by molar-refractivity contribution is 6.66. The lowest BCUT2D eigenvalue weighted by atomic mass is 9.62. The minimum atomic E-state index is -0.940. The third-order valence-electron chi connectivity index (χ3n) is 5.20. The van der Waals surface area contributed by atoms with Crippen molar-refractivity contribution in [3.05, 3.63) is 29.8 Å². The summed E-state index contributed by atoms with van der Waals surface area (Å²) in [4.78, 5) is 11.9. The van der Waals surface area contributed by atoms with Gasteiger partial charge in [0.05, 0.1) is 23.7 Å². The molecule has 1 aromatic rings. The molecule has 1 aliphatic rings. The SMILES string of the molecule is COC(=O)C1(c2ccc(B(C)OC(C)(C)C(C)(C)O)cc2)CC1. The van der Waals surface area contributed by atoms with Gasteiger partial charge < -0.3 is 14.5 Å². The number of ether oxygens (including phenoxy) is 1. The molecule has 0 aliphatic heterocycles. The maximum Gasteiger partial charge on any atom is 0.324 e. The third-order valence-corrected chi connectivity index (χ3v) is 5.20. The van der Waals surface area contributed by atoms with Crippen LogP contribution in [0.4, 0.5) is 0 Å². The van der Waals surface area contributed by atoms with Crippen LogP contribution >= 0.6 is 0 Å². The van der Waals surface area contributed by atoms with Gasteiger partial charge >= 0.3 is 12.9 Å². The Bertz CT molecular complexity index is 568. The Morgan fingerprint density at radius 2 is 1.70 bits per heavy atom. The molecule has 1 fully saturated rings. The number of benzene rings is 1. The molecule has 23 heavy (non-hydrogen) atoms. The molecule has 1 aliphatic carbocycles. The largest absolute Gasteiger partial charge is 0.468 e. The van der Waals surface area contributed by atoms with E-state index in [9.17, 15) is 9.90 Å². The molecular formula is C18H27BO4. The maximum atomic E-state index is 11.9. The number of esters is 1. The summed E-state index contributed by atoms with van der Waals surface area (Å²) in [5, 5.41) is 10.2. The summed E-state index contributed by atoms with van der Waals surface area (Å²) in [6, 6.07) is 7.94. The van der Waals surface area contributed by atoms with E-state index in [2.05, 4.69) is 0 Å². The average molecular weight is 318 g/mol. The molecule has 126 valence electrons. The van der Waals surface area contributed by atoms with Crippen LogP contribution in [0.1, 0.15) is 46.1 Å². The quantitative estimate of drug-likeness (QED) is 0.646. The minimum absolute atomic E-state index is 0.154. The zero-order valence-corrected chi connectivity index (χ0v) is 15.0. The number of rotatable bonds is 6. The van der Waals surface area contributed by atoms with Gasteiger partial charge in [-0.1, -0.05) is 31.1 Å². The monoisotopic (exact) mass is 318 g/mol. The summed E-state index contributed by atoms with van der Waals surface area (Å²) < 4.78 is 11.0. The van der Waals surface area contributed by atoms with Gasteiger partial charge in [0, 0.05) is 0 Å². The molecule has 1 saturated carbocycles. The van der Waals surface area contributed by atoms with Gasteiger partial charge in [0.2, 0.25) is 0 Å². The lowest BCUT2D eigenvalue weighted by Crippen LogP contribution is -2.52. The molecule has 0 radical (unpaired) electrons. The molecule has 4 nitrogen and oxygen atoms in total. The van der Waals surface area contributed by atoms with Gasteiger partial charge in [0.15, 0.2) is 0 Å². The van der Waals surface area contributed by atoms with Gasteiger partial charge in [-0.2, -0.15) is 0 Å². The number of carbonyl (C=O) groups excluding carboxylic acids is 1. The molecule has 1 aromatic carbocycles. The van der Waals surface area contributed by atoms with Gasteiger partial charge in [-0.3, -0.25) is 4.79 Å². The van der Waals surface area contributed by atoms with E-state index >= 15 is 0 Å². The summed E-state index contributed by atoms with van der Waals surface area (Å²) >= 11 is 0. The molecule has 0 atom stereocenters. The Morgan fingerprint density at radius 1 is 1.17 bits per heavy atom. The summed E-state index contributed by atoms with van der Waals surface area (Å²) in [6.07, 6.45) is 1.69. The lowest BCUT2D eigenvalue weighted by molar-refractivity contribution is -0.143. The molecule has 0 aromatic heterocycles. The molecule has 0 spiro atoms. The van der Waals surface area contributed by atoms with Crippen molar-refractivity contribution in [3.63, 3.8) is 0 Å². The number of carbonyl (C=O) groups is 1. The van der Waals surface area contributed by atoms with Crippen LogP contribution in [0.5, 0.6) is 0 Å². The van der Waals surface area contributed by atoms with E-state index in [4.69, 9.17) is 9.39 Å². The average Bonchev–Trinajstić information content (AvgIpc) is 3.26. The second kappa shape index (κ2) is 5.95. The summed E-state index contributed by atoms with van der Waals surface area (Å²) in [7, 11) is 1.44. The lowest BCUT2D eigenvalue weighted by Gasteiger charge is -2.39. The predicted molar refractivity (Wildman–Crippen MR) is 92.1 cm³/mol. The topological polar surface area (TPSA) is 55.8 Å². The summed E-state index contributed by atoms with van der Waals surface area (Å²) in [5.74, 6) is -0.155. The number of methoxy groups -OCH3 is 1. The number of aliphatic hydroxyl groups is 1. The first-order valence-corrected chi connectivity index (χ1v) is 8.12. The molecule has 2 rings (SSSR count). The minimum Gasteiger partial charge on any atom is -0.468 e. The van der Waals surface area contributed by atoms with Crippen molar-refractivity contribution in [1.29, 1.82) is 0 Å². The van der Waals surface area contributed by atoms with E-state index in [0.717, 1.165) is 23.9 Å². The highest BCUT2D eigenvalue weighted by Gasteiger charge is 2.52. The first kappa shape index (κ1) is 18.0. The van der Waals surface area contributed by atoms with Gasteiger partial charge in [0.25, 0.3) is 0 Å². The Hall–Kier alpha value is -1.33. The molecule has 0 heterocycles. The van der Waals surface area contributed by atoms with Crippen molar-refractivity contribution < 1.29 is 19.3 Å². The van der Waals surface area contributed by atoms with Crippen LogP contribution in [0.2, 0.25) is 6.82 Å². The van der Waals surface area contributed by atoms with Gasteiger partial charge in [-0.05, 0) is 51.6 Å². The molecule has 0 bridgehead atoms. The fraction of sp³-hybridized carbons (Fsp3) is 0.611. The van der Waals surface area contributed by atoms with Gasteiger partial charge in [0.1, 0.15) is 0 Å². The van der Waals surface area contributed by atoms with Crippen LogP contribution < -0.4 is 5.46 Å². The normalized spacial score (nSPS) is 16.8. The van der Waals surface area contributed by atoms with Crippen LogP contribution in [-0.2, 0) is 19.6 Å². The summed E-state index contributed by atoms with van der Waals surface area (Å²) in [6.45, 7) is 9.07. The molecule has 0 amide bonds. The maximum absolute atomic E-state index is 11.9. The molecule has 5 heteroatoms. The van der Waals surface area contributed by atoms with Crippen LogP contribution in [0, 0.1) is 0 Å². The molecule has 0 unspecified atom stereocenters. The van der Waals surface area contributed by atoms with Crippen molar-refractivity contribution in [2.24, 2.45) is 0 Å². The number of hydrogen-bond acceptors (Lipinski definition) is 4. The Labute approximate surface area is 139 Å². The van der Waals surface area contributed by atoms with Gasteiger partial charge in [-0.15, -0.1) is 0 Å². The van der Waals surface area contributed by atoms with E-state index in [0.29, 0.717) is 0 Å². The predicted octanol–water partition coefficient (Wildman–Crippen LogP) is 2.29. The first-order chi connectivity index (χ1) is 10.5. The summed E-state index contributed by atoms with van der Waals surface area (Å²) in [5.41, 5.74) is -0.0308. The van der Waals surface area contributed by atoms with Crippen molar-refractivity contribution in [2.45, 2.75) is 64.0 Å². The highest BCUT2D eigenvalue weighted by Crippen LogP contribution is 2.48. The Morgan fingerprint density at radius 3 is 2.09 bits per heavy atom. The third kappa shape index (κ3) is 3.46. The number of hydrogen-bond donors (Lipinski definition) is 1. The first-order valence-electron chi connectivity index (χ1n) is 8.12. The van der Waals surface area contributed by atoms with Crippen LogP contribution in [0.3, 0.4) is 0 Å². The van der Waals surface area contributed by atoms with E-state index in [-0.39, 0.29) is 12.9 Å². The fourth-order valence-electron chi connectivity index (χ4n) is 2.66. The Balaban J connectivity index is 2.13. The van der Waals surface area contributed by atoms with Crippen LogP contribution in [0.25, 0.3) is 0 Å².